The standard InChI is InChI=1S/C24H26N4O2/c1-15-8-6-10-21(17(15)3)28-14-19(11-23(28)30)20-12-22(29)27-24(26-20)25-13-18-9-5-4-7-16(18)2/h4-10,12,19H,11,13-14H2,1-3H3,(H2,25,26,27,29)/t19-/m1/s1. The first kappa shape index (κ1) is 19.9. The molecule has 0 unspecified atom stereocenters. The van der Waals surface area contributed by atoms with E-state index < -0.39 is 0 Å². The molecule has 0 saturated carbocycles. The third-order valence-electron chi connectivity index (χ3n) is 5.88. The molecule has 6 nitrogen and oxygen atoms in total. The molecule has 4 rings (SSSR count). The van der Waals surface area contributed by atoms with E-state index in [9.17, 15) is 9.59 Å². The molecule has 0 bridgehead atoms. The number of hydrogen-bond acceptors (Lipinski definition) is 4. The van der Waals surface area contributed by atoms with Gasteiger partial charge in [0.05, 0.1) is 5.69 Å². The smallest absolute Gasteiger partial charge is 0.252 e. The monoisotopic (exact) mass is 402 g/mol. The van der Waals surface area contributed by atoms with Crippen LogP contribution in [0.15, 0.2) is 53.3 Å². The van der Waals surface area contributed by atoms with E-state index in [-0.39, 0.29) is 17.4 Å². The van der Waals surface area contributed by atoms with Gasteiger partial charge >= 0.3 is 0 Å². The summed E-state index contributed by atoms with van der Waals surface area (Å²) in [4.78, 5) is 34.2. The van der Waals surface area contributed by atoms with E-state index in [0.29, 0.717) is 31.2 Å². The summed E-state index contributed by atoms with van der Waals surface area (Å²) in [5.74, 6) is 0.377. The van der Waals surface area contributed by atoms with Crippen LogP contribution in [0.1, 0.15) is 40.3 Å². The van der Waals surface area contributed by atoms with Crippen LogP contribution >= 0.6 is 0 Å². The molecule has 3 aromatic rings. The lowest BCUT2D eigenvalue weighted by Crippen LogP contribution is -2.25. The molecular formula is C24H26N4O2. The van der Waals surface area contributed by atoms with Crippen molar-refractivity contribution in [1.82, 2.24) is 9.97 Å². The molecule has 2 heterocycles. The van der Waals surface area contributed by atoms with Crippen molar-refractivity contribution in [1.29, 1.82) is 0 Å². The largest absolute Gasteiger partial charge is 0.352 e. The molecular weight excluding hydrogens is 376 g/mol. The molecule has 1 atom stereocenters. The number of nitrogens with zero attached hydrogens (tertiary/aromatic N) is 2. The highest BCUT2D eigenvalue weighted by atomic mass is 16.2. The molecule has 1 aliphatic heterocycles. The van der Waals surface area contributed by atoms with Crippen LogP contribution in [-0.4, -0.2) is 22.4 Å². The molecule has 1 amide bonds. The number of H-pyrrole nitrogens is 1. The Morgan fingerprint density at radius 3 is 2.63 bits per heavy atom. The quantitative estimate of drug-likeness (QED) is 0.680. The number of anilines is 2. The number of nitrogens with one attached hydrogen (secondary N) is 2. The maximum absolute atomic E-state index is 12.7. The fraction of sp³-hybridized carbons (Fsp3) is 0.292. The Kier molecular flexibility index (Phi) is 5.40. The van der Waals surface area contributed by atoms with Crippen molar-refractivity contribution >= 4 is 17.5 Å². The van der Waals surface area contributed by atoms with Crippen LogP contribution in [0.5, 0.6) is 0 Å². The first-order valence-corrected chi connectivity index (χ1v) is 10.2. The minimum Gasteiger partial charge on any atom is -0.352 e. The molecule has 1 aromatic heterocycles. The first-order valence-electron chi connectivity index (χ1n) is 10.2. The van der Waals surface area contributed by atoms with Gasteiger partial charge in [-0.3, -0.25) is 14.6 Å². The van der Waals surface area contributed by atoms with Gasteiger partial charge in [-0.05, 0) is 49.1 Å². The summed E-state index contributed by atoms with van der Waals surface area (Å²) >= 11 is 0. The first-order chi connectivity index (χ1) is 14.4. The fourth-order valence-corrected chi connectivity index (χ4v) is 3.92. The Bertz CT molecular complexity index is 1150. The van der Waals surface area contributed by atoms with Crippen LogP contribution in [-0.2, 0) is 11.3 Å². The highest BCUT2D eigenvalue weighted by Crippen LogP contribution is 2.33. The number of aromatic nitrogens is 2. The predicted molar refractivity (Wildman–Crippen MR) is 119 cm³/mol. The Hall–Kier alpha value is -3.41. The topological polar surface area (TPSA) is 78.1 Å². The summed E-state index contributed by atoms with van der Waals surface area (Å²) in [6, 6.07) is 15.6. The highest BCUT2D eigenvalue weighted by molar-refractivity contribution is 5.97. The van der Waals surface area contributed by atoms with Gasteiger partial charge in [0.1, 0.15) is 0 Å². The Balaban J connectivity index is 1.54. The molecule has 2 aromatic carbocycles. The summed E-state index contributed by atoms with van der Waals surface area (Å²) in [6.07, 6.45) is 0.348. The van der Waals surface area contributed by atoms with E-state index in [4.69, 9.17) is 0 Å². The zero-order valence-electron chi connectivity index (χ0n) is 17.5. The molecule has 6 heteroatoms. The summed E-state index contributed by atoms with van der Waals surface area (Å²) in [5.41, 5.74) is 5.94. The lowest BCUT2D eigenvalue weighted by molar-refractivity contribution is -0.117. The van der Waals surface area contributed by atoms with E-state index in [1.807, 2.05) is 55.1 Å². The van der Waals surface area contributed by atoms with E-state index in [1.165, 1.54) is 11.6 Å². The van der Waals surface area contributed by atoms with Crippen LogP contribution in [0.4, 0.5) is 11.6 Å². The van der Waals surface area contributed by atoms with Gasteiger partial charge in [0.2, 0.25) is 11.9 Å². The maximum atomic E-state index is 12.7. The van der Waals surface area contributed by atoms with Gasteiger partial charge in [0.15, 0.2) is 0 Å². The number of benzene rings is 2. The zero-order valence-corrected chi connectivity index (χ0v) is 17.5. The summed E-state index contributed by atoms with van der Waals surface area (Å²) in [5, 5.41) is 3.21. The second-order valence-corrected chi connectivity index (χ2v) is 7.92. The minimum atomic E-state index is -0.218. The maximum Gasteiger partial charge on any atom is 0.252 e. The Morgan fingerprint density at radius 2 is 1.83 bits per heavy atom. The van der Waals surface area contributed by atoms with Crippen molar-refractivity contribution in [2.24, 2.45) is 0 Å². The number of aromatic amines is 1. The van der Waals surface area contributed by atoms with Crippen LogP contribution in [0, 0.1) is 20.8 Å². The number of rotatable bonds is 5. The van der Waals surface area contributed by atoms with Crippen molar-refractivity contribution in [3.8, 4) is 0 Å². The molecule has 0 radical (unpaired) electrons. The lowest BCUT2D eigenvalue weighted by Gasteiger charge is -2.20. The van der Waals surface area contributed by atoms with Crippen molar-refractivity contribution in [3.63, 3.8) is 0 Å². The molecule has 1 fully saturated rings. The van der Waals surface area contributed by atoms with Crippen LogP contribution in [0.25, 0.3) is 0 Å². The van der Waals surface area contributed by atoms with Crippen LogP contribution < -0.4 is 15.8 Å². The highest BCUT2D eigenvalue weighted by Gasteiger charge is 2.33. The van der Waals surface area contributed by atoms with E-state index in [1.54, 1.807) is 0 Å². The summed E-state index contributed by atoms with van der Waals surface area (Å²) in [7, 11) is 0. The molecule has 0 spiro atoms. The third-order valence-corrected chi connectivity index (χ3v) is 5.88. The van der Waals surface area contributed by atoms with Gasteiger partial charge in [-0.25, -0.2) is 4.98 Å². The van der Waals surface area contributed by atoms with E-state index in [0.717, 1.165) is 22.4 Å². The number of carbonyl (C=O) groups is 1. The predicted octanol–water partition coefficient (Wildman–Crippen LogP) is 3.83. The zero-order chi connectivity index (χ0) is 21.3. The average molecular weight is 402 g/mol. The van der Waals surface area contributed by atoms with Crippen LogP contribution in [0.3, 0.4) is 0 Å². The molecule has 2 N–H and O–H groups in total. The van der Waals surface area contributed by atoms with E-state index >= 15 is 0 Å². The number of amides is 1. The molecule has 154 valence electrons. The minimum absolute atomic E-state index is 0.0604. The Labute approximate surface area is 176 Å². The SMILES string of the molecule is Cc1ccccc1CNc1nc([C@@H]2CC(=O)N(c3cccc(C)c3C)C2)cc(=O)[nH]1. The number of carbonyl (C=O) groups excluding carboxylic acids is 1. The fourth-order valence-electron chi connectivity index (χ4n) is 3.92. The number of hydrogen-bond donors (Lipinski definition) is 2. The van der Waals surface area contributed by atoms with Gasteiger partial charge < -0.3 is 10.2 Å². The summed E-state index contributed by atoms with van der Waals surface area (Å²) in [6.45, 7) is 7.22. The van der Waals surface area contributed by atoms with Gasteiger partial charge in [-0.2, -0.15) is 0 Å². The third kappa shape index (κ3) is 3.99. The number of aryl methyl sites for hydroxylation is 2. The Morgan fingerprint density at radius 1 is 1.07 bits per heavy atom. The van der Waals surface area contributed by atoms with Crippen molar-refractivity contribution in [2.45, 2.75) is 39.7 Å². The average Bonchev–Trinajstić information content (AvgIpc) is 3.11. The van der Waals surface area contributed by atoms with Gasteiger partial charge in [0.25, 0.3) is 5.56 Å². The molecule has 0 aliphatic carbocycles. The van der Waals surface area contributed by atoms with Crippen molar-refractivity contribution < 1.29 is 4.79 Å². The second-order valence-electron chi connectivity index (χ2n) is 7.92. The van der Waals surface area contributed by atoms with Crippen molar-refractivity contribution in [2.75, 3.05) is 16.8 Å². The van der Waals surface area contributed by atoms with E-state index in [2.05, 4.69) is 28.3 Å². The van der Waals surface area contributed by atoms with Gasteiger partial charge in [0, 0.05) is 37.2 Å². The summed E-state index contributed by atoms with van der Waals surface area (Å²) < 4.78 is 0. The van der Waals surface area contributed by atoms with Crippen LogP contribution in [0.2, 0.25) is 0 Å². The second kappa shape index (κ2) is 8.14. The molecule has 1 aliphatic rings. The lowest BCUT2D eigenvalue weighted by atomic mass is 10.0. The molecule has 1 saturated heterocycles. The van der Waals surface area contributed by atoms with Gasteiger partial charge in [-0.1, -0.05) is 36.4 Å². The van der Waals surface area contributed by atoms with Crippen molar-refractivity contribution in [3.05, 3.63) is 86.8 Å². The normalized spacial score (nSPS) is 16.2. The van der Waals surface area contributed by atoms with Gasteiger partial charge in [-0.15, -0.1) is 0 Å². The molecule has 30 heavy (non-hydrogen) atoms.